The van der Waals surface area contributed by atoms with Crippen LogP contribution in [0.2, 0.25) is 0 Å². The molecule has 7 nitrogen and oxygen atoms in total. The number of hydrogen-bond acceptors (Lipinski definition) is 6. The Morgan fingerprint density at radius 2 is 1.81 bits per heavy atom. The molecule has 31 heavy (non-hydrogen) atoms. The molecule has 1 N–H and O–H groups in total. The van der Waals surface area contributed by atoms with Crippen molar-refractivity contribution in [1.82, 2.24) is 5.32 Å². The molecule has 3 rings (SSSR count). The van der Waals surface area contributed by atoms with Gasteiger partial charge >= 0.3 is 0 Å². The Hall–Kier alpha value is -3.35. The Bertz CT molecular complexity index is 907. The zero-order valence-electron chi connectivity index (χ0n) is 18.2. The Labute approximate surface area is 182 Å². The number of carbonyl (C=O) groups excluding carboxylic acids is 1. The summed E-state index contributed by atoms with van der Waals surface area (Å²) in [6, 6.07) is 9.48. The number of methoxy groups -OCH3 is 1. The fraction of sp³-hybridized carbons (Fsp3) is 0.375. The SMILES string of the molecule is CCOc1ccc(CCNC(=O)/C=C/c2cc(OC)c3c(c2)OCCO3)cc1OCC. The van der Waals surface area contributed by atoms with Crippen molar-refractivity contribution < 1.29 is 28.5 Å². The summed E-state index contributed by atoms with van der Waals surface area (Å²) < 4.78 is 27.8. The highest BCUT2D eigenvalue weighted by Gasteiger charge is 2.17. The van der Waals surface area contributed by atoms with Gasteiger partial charge in [0.25, 0.3) is 0 Å². The van der Waals surface area contributed by atoms with Crippen molar-refractivity contribution in [3.8, 4) is 28.7 Å². The van der Waals surface area contributed by atoms with Crippen molar-refractivity contribution in [1.29, 1.82) is 0 Å². The number of nitrogens with one attached hydrogen (secondary N) is 1. The molecule has 0 fully saturated rings. The molecule has 1 heterocycles. The van der Waals surface area contributed by atoms with E-state index in [1.54, 1.807) is 13.2 Å². The first kappa shape index (κ1) is 22.3. The van der Waals surface area contributed by atoms with Gasteiger partial charge in [0.1, 0.15) is 13.2 Å². The summed E-state index contributed by atoms with van der Waals surface area (Å²) in [5.41, 5.74) is 1.86. The molecule has 0 spiro atoms. The smallest absolute Gasteiger partial charge is 0.244 e. The molecule has 1 amide bonds. The van der Waals surface area contributed by atoms with Crippen LogP contribution in [-0.2, 0) is 11.2 Å². The molecule has 2 aromatic rings. The molecule has 0 unspecified atom stereocenters. The minimum atomic E-state index is -0.176. The molecule has 0 saturated carbocycles. The molecule has 0 aromatic heterocycles. The molecular formula is C24H29NO6. The van der Waals surface area contributed by atoms with Gasteiger partial charge in [-0.3, -0.25) is 4.79 Å². The van der Waals surface area contributed by atoms with Crippen LogP contribution >= 0.6 is 0 Å². The molecule has 1 aliphatic rings. The van der Waals surface area contributed by atoms with Crippen LogP contribution < -0.4 is 29.0 Å². The van der Waals surface area contributed by atoms with Gasteiger partial charge in [-0.2, -0.15) is 0 Å². The molecule has 0 bridgehead atoms. The van der Waals surface area contributed by atoms with Gasteiger partial charge in [0.05, 0.1) is 20.3 Å². The first-order valence-electron chi connectivity index (χ1n) is 10.5. The van der Waals surface area contributed by atoms with Crippen molar-refractivity contribution in [2.24, 2.45) is 0 Å². The average molecular weight is 427 g/mol. The quantitative estimate of drug-likeness (QED) is 0.584. The van der Waals surface area contributed by atoms with Gasteiger partial charge in [-0.15, -0.1) is 0 Å². The zero-order chi connectivity index (χ0) is 22.1. The van der Waals surface area contributed by atoms with Crippen LogP contribution in [0.1, 0.15) is 25.0 Å². The Morgan fingerprint density at radius 3 is 2.58 bits per heavy atom. The van der Waals surface area contributed by atoms with Gasteiger partial charge in [-0.25, -0.2) is 0 Å². The number of rotatable bonds is 10. The van der Waals surface area contributed by atoms with Crippen LogP contribution in [0, 0.1) is 0 Å². The number of ether oxygens (including phenoxy) is 5. The summed E-state index contributed by atoms with van der Waals surface area (Å²) in [5, 5.41) is 2.90. The summed E-state index contributed by atoms with van der Waals surface area (Å²) in [4.78, 5) is 12.2. The van der Waals surface area contributed by atoms with Crippen molar-refractivity contribution >= 4 is 12.0 Å². The summed E-state index contributed by atoms with van der Waals surface area (Å²) >= 11 is 0. The minimum absolute atomic E-state index is 0.176. The van der Waals surface area contributed by atoms with Gasteiger partial charge < -0.3 is 29.0 Å². The molecule has 0 aliphatic carbocycles. The number of hydrogen-bond donors (Lipinski definition) is 1. The van der Waals surface area contributed by atoms with Crippen LogP contribution in [0.15, 0.2) is 36.4 Å². The van der Waals surface area contributed by atoms with E-state index in [1.807, 2.05) is 44.2 Å². The second kappa shape index (κ2) is 11.2. The Morgan fingerprint density at radius 1 is 1.03 bits per heavy atom. The maximum atomic E-state index is 12.2. The van der Waals surface area contributed by atoms with Gasteiger partial charge in [-0.1, -0.05) is 6.07 Å². The highest BCUT2D eigenvalue weighted by Crippen LogP contribution is 2.40. The average Bonchev–Trinajstić information content (AvgIpc) is 2.79. The van der Waals surface area contributed by atoms with Crippen LogP contribution in [0.4, 0.5) is 0 Å². The monoisotopic (exact) mass is 427 g/mol. The summed E-state index contributed by atoms with van der Waals surface area (Å²) in [7, 11) is 1.58. The van der Waals surface area contributed by atoms with Crippen molar-refractivity contribution in [2.45, 2.75) is 20.3 Å². The summed E-state index contributed by atoms with van der Waals surface area (Å²) in [6.45, 7) is 6.50. The lowest BCUT2D eigenvalue weighted by Gasteiger charge is -2.20. The first-order valence-corrected chi connectivity index (χ1v) is 10.5. The largest absolute Gasteiger partial charge is 0.493 e. The van der Waals surface area contributed by atoms with E-state index >= 15 is 0 Å². The minimum Gasteiger partial charge on any atom is -0.493 e. The number of benzene rings is 2. The van der Waals surface area contributed by atoms with E-state index in [4.69, 9.17) is 23.7 Å². The van der Waals surface area contributed by atoms with E-state index in [1.165, 1.54) is 6.08 Å². The second-order valence-electron chi connectivity index (χ2n) is 6.77. The maximum absolute atomic E-state index is 12.2. The summed E-state index contributed by atoms with van der Waals surface area (Å²) in [5.74, 6) is 3.07. The molecular weight excluding hydrogens is 398 g/mol. The maximum Gasteiger partial charge on any atom is 0.244 e. The lowest BCUT2D eigenvalue weighted by molar-refractivity contribution is -0.116. The van der Waals surface area contributed by atoms with Crippen molar-refractivity contribution in [3.63, 3.8) is 0 Å². The Balaban J connectivity index is 1.56. The molecule has 166 valence electrons. The predicted molar refractivity (Wildman–Crippen MR) is 119 cm³/mol. The standard InChI is InChI=1S/C24H29NO6/c1-4-28-19-8-6-17(14-20(19)29-5-2)10-11-25-23(26)9-7-18-15-21(27-3)24-22(16-18)30-12-13-31-24/h6-9,14-16H,4-5,10-13H2,1-3H3,(H,25,26)/b9-7+. The van der Waals surface area contributed by atoms with E-state index < -0.39 is 0 Å². The lowest BCUT2D eigenvalue weighted by Crippen LogP contribution is -2.23. The third kappa shape index (κ3) is 6.07. The highest BCUT2D eigenvalue weighted by molar-refractivity contribution is 5.91. The number of fused-ring (bicyclic) bond motifs is 1. The van der Waals surface area contributed by atoms with Crippen LogP contribution in [-0.4, -0.2) is 46.0 Å². The highest BCUT2D eigenvalue weighted by atomic mass is 16.6. The molecule has 0 atom stereocenters. The molecule has 0 saturated heterocycles. The fourth-order valence-corrected chi connectivity index (χ4v) is 3.20. The molecule has 7 heteroatoms. The van der Waals surface area contributed by atoms with Crippen LogP contribution in [0.3, 0.4) is 0 Å². The first-order chi connectivity index (χ1) is 15.1. The zero-order valence-corrected chi connectivity index (χ0v) is 18.2. The lowest BCUT2D eigenvalue weighted by atomic mass is 10.1. The van der Waals surface area contributed by atoms with E-state index in [0.717, 1.165) is 22.6 Å². The van der Waals surface area contributed by atoms with E-state index in [2.05, 4.69) is 5.32 Å². The van der Waals surface area contributed by atoms with Gasteiger partial charge in [-0.05, 0) is 61.7 Å². The number of amides is 1. The van der Waals surface area contributed by atoms with E-state index in [0.29, 0.717) is 56.6 Å². The van der Waals surface area contributed by atoms with Crippen LogP contribution in [0.5, 0.6) is 28.7 Å². The summed E-state index contributed by atoms with van der Waals surface area (Å²) in [6.07, 6.45) is 3.90. The van der Waals surface area contributed by atoms with E-state index in [9.17, 15) is 4.79 Å². The normalized spacial score (nSPS) is 12.5. The van der Waals surface area contributed by atoms with Crippen molar-refractivity contribution in [3.05, 3.63) is 47.5 Å². The van der Waals surface area contributed by atoms with Gasteiger partial charge in [0.2, 0.25) is 11.7 Å². The van der Waals surface area contributed by atoms with Crippen LogP contribution in [0.25, 0.3) is 6.08 Å². The fourth-order valence-electron chi connectivity index (χ4n) is 3.20. The second-order valence-corrected chi connectivity index (χ2v) is 6.77. The molecule has 1 aliphatic heterocycles. The third-order valence-electron chi connectivity index (χ3n) is 4.60. The Kier molecular flexibility index (Phi) is 8.04. The third-order valence-corrected chi connectivity index (χ3v) is 4.60. The molecule has 2 aromatic carbocycles. The topological polar surface area (TPSA) is 75.3 Å². The predicted octanol–water partition coefficient (Wildman–Crippen LogP) is 3.64. The van der Waals surface area contributed by atoms with E-state index in [-0.39, 0.29) is 5.91 Å². The molecule has 0 radical (unpaired) electrons. The van der Waals surface area contributed by atoms with Crippen molar-refractivity contribution in [2.75, 3.05) is 40.1 Å². The number of carbonyl (C=O) groups is 1. The van der Waals surface area contributed by atoms with Gasteiger partial charge in [0.15, 0.2) is 23.0 Å². The van der Waals surface area contributed by atoms with Gasteiger partial charge in [0, 0.05) is 12.6 Å².